The van der Waals surface area contributed by atoms with Gasteiger partial charge in [-0.2, -0.15) is 5.10 Å². The Hall–Kier alpha value is -2.20. The predicted octanol–water partition coefficient (Wildman–Crippen LogP) is 2.95. The van der Waals surface area contributed by atoms with Gasteiger partial charge in [0.2, 0.25) is 0 Å². The minimum absolute atomic E-state index is 0.282. The van der Waals surface area contributed by atoms with E-state index in [2.05, 4.69) is 74.9 Å². The second-order valence-electron chi connectivity index (χ2n) is 8.91. The van der Waals surface area contributed by atoms with Gasteiger partial charge >= 0.3 is 0 Å². The Labute approximate surface area is 186 Å². The Morgan fingerprint density at radius 1 is 0.968 bits per heavy atom. The summed E-state index contributed by atoms with van der Waals surface area (Å²) < 4.78 is 6.05. The number of hydrogen-bond acceptors (Lipinski definition) is 6. The normalized spacial score (nSPS) is 19.0. The minimum Gasteiger partial charge on any atom is -0.365 e. The summed E-state index contributed by atoms with van der Waals surface area (Å²) >= 11 is 0. The quantitative estimate of drug-likeness (QED) is 0.692. The number of nitrogens with zero attached hydrogens (tertiary/aromatic N) is 5. The maximum absolute atomic E-state index is 6.05. The van der Waals surface area contributed by atoms with Crippen LogP contribution in [0.3, 0.4) is 0 Å². The standard InChI is InChI=1S/C25H35N5O/c1-20(2)29-17-15-28(16-18-29)12-6-7-19-31-22-10-13-30(14-11-22)25-24-9-5-4-8-23(24)21(3)26-27-25/h4-5,8-9,20,22H,10-19H2,1-3H3. The number of ether oxygens (including phenoxy) is 1. The molecule has 2 aromatic rings. The molecule has 0 atom stereocenters. The summed E-state index contributed by atoms with van der Waals surface area (Å²) in [4.78, 5) is 7.32. The molecule has 0 spiro atoms. The lowest BCUT2D eigenvalue weighted by atomic mass is 10.1. The number of piperidine rings is 1. The highest BCUT2D eigenvalue weighted by molar-refractivity contribution is 5.93. The number of aryl methyl sites for hydroxylation is 1. The monoisotopic (exact) mass is 421 g/mol. The fourth-order valence-corrected chi connectivity index (χ4v) is 4.51. The third-order valence-electron chi connectivity index (χ3n) is 6.55. The van der Waals surface area contributed by atoms with Crippen molar-refractivity contribution in [3.63, 3.8) is 0 Å². The van der Waals surface area contributed by atoms with Gasteiger partial charge in [0.05, 0.1) is 18.3 Å². The number of benzene rings is 1. The van der Waals surface area contributed by atoms with Crippen LogP contribution >= 0.6 is 0 Å². The van der Waals surface area contributed by atoms with Crippen molar-refractivity contribution in [2.45, 2.75) is 45.8 Å². The fourth-order valence-electron chi connectivity index (χ4n) is 4.51. The Bertz CT molecular complexity index is 918. The zero-order chi connectivity index (χ0) is 21.6. The number of fused-ring (bicyclic) bond motifs is 1. The molecular weight excluding hydrogens is 386 g/mol. The number of hydrogen-bond donors (Lipinski definition) is 0. The number of aromatic nitrogens is 2. The molecule has 2 aliphatic heterocycles. The topological polar surface area (TPSA) is 44.7 Å². The van der Waals surface area contributed by atoms with Crippen LogP contribution in [0.1, 0.15) is 32.4 Å². The summed E-state index contributed by atoms with van der Waals surface area (Å²) in [6.45, 7) is 14.4. The molecular formula is C25H35N5O. The SMILES string of the molecule is Cc1nnc(N2CCC(OCC#CCN3CCN(C(C)C)CC3)CC2)c2ccccc12. The molecule has 0 amide bonds. The molecule has 0 N–H and O–H groups in total. The first-order valence-electron chi connectivity index (χ1n) is 11.6. The van der Waals surface area contributed by atoms with Crippen LogP contribution in [0.4, 0.5) is 5.82 Å². The number of piperazine rings is 1. The van der Waals surface area contributed by atoms with E-state index in [0.29, 0.717) is 12.6 Å². The van der Waals surface area contributed by atoms with E-state index in [-0.39, 0.29) is 6.10 Å². The van der Waals surface area contributed by atoms with Crippen LogP contribution < -0.4 is 4.90 Å². The molecule has 1 aromatic carbocycles. The lowest BCUT2D eigenvalue weighted by molar-refractivity contribution is 0.0593. The van der Waals surface area contributed by atoms with E-state index in [9.17, 15) is 0 Å². The third-order valence-corrected chi connectivity index (χ3v) is 6.55. The van der Waals surface area contributed by atoms with Crippen molar-refractivity contribution in [1.29, 1.82) is 0 Å². The Balaban J connectivity index is 1.20. The van der Waals surface area contributed by atoms with Crippen molar-refractivity contribution in [2.75, 3.05) is 57.3 Å². The van der Waals surface area contributed by atoms with Crippen molar-refractivity contribution >= 4 is 16.6 Å². The lowest BCUT2D eigenvalue weighted by Crippen LogP contribution is -2.48. The van der Waals surface area contributed by atoms with Crippen molar-refractivity contribution in [1.82, 2.24) is 20.0 Å². The zero-order valence-electron chi connectivity index (χ0n) is 19.2. The molecule has 3 heterocycles. The minimum atomic E-state index is 0.282. The van der Waals surface area contributed by atoms with Crippen LogP contribution in [0, 0.1) is 18.8 Å². The van der Waals surface area contributed by atoms with Gasteiger partial charge in [0.15, 0.2) is 5.82 Å². The second-order valence-corrected chi connectivity index (χ2v) is 8.91. The van der Waals surface area contributed by atoms with E-state index in [1.54, 1.807) is 0 Å². The van der Waals surface area contributed by atoms with Crippen molar-refractivity contribution < 1.29 is 4.74 Å². The number of anilines is 1. The smallest absolute Gasteiger partial charge is 0.159 e. The van der Waals surface area contributed by atoms with Gasteiger partial charge in [-0.25, -0.2) is 0 Å². The summed E-state index contributed by atoms with van der Waals surface area (Å²) in [5, 5.41) is 11.3. The van der Waals surface area contributed by atoms with E-state index < -0.39 is 0 Å². The Kier molecular flexibility index (Phi) is 7.39. The first-order valence-corrected chi connectivity index (χ1v) is 11.6. The molecule has 31 heavy (non-hydrogen) atoms. The molecule has 0 unspecified atom stereocenters. The summed E-state index contributed by atoms with van der Waals surface area (Å²) in [6, 6.07) is 9.05. The van der Waals surface area contributed by atoms with Gasteiger partial charge in [-0.1, -0.05) is 36.1 Å². The summed E-state index contributed by atoms with van der Waals surface area (Å²) in [5.74, 6) is 7.52. The van der Waals surface area contributed by atoms with Gasteiger partial charge in [-0.3, -0.25) is 9.80 Å². The van der Waals surface area contributed by atoms with E-state index in [1.165, 1.54) is 10.8 Å². The lowest BCUT2D eigenvalue weighted by Gasteiger charge is -2.36. The molecule has 166 valence electrons. The highest BCUT2D eigenvalue weighted by atomic mass is 16.5. The molecule has 0 aliphatic carbocycles. The highest BCUT2D eigenvalue weighted by Crippen LogP contribution is 2.28. The van der Waals surface area contributed by atoms with Crippen LogP contribution in [0.15, 0.2) is 24.3 Å². The number of rotatable bonds is 5. The van der Waals surface area contributed by atoms with Gasteiger partial charge < -0.3 is 9.64 Å². The zero-order valence-corrected chi connectivity index (χ0v) is 19.2. The van der Waals surface area contributed by atoms with E-state index in [0.717, 1.165) is 70.2 Å². The Morgan fingerprint density at radius 3 is 2.39 bits per heavy atom. The molecule has 4 rings (SSSR count). The van der Waals surface area contributed by atoms with Crippen LogP contribution in [-0.2, 0) is 4.74 Å². The average Bonchev–Trinajstić information content (AvgIpc) is 2.80. The molecule has 6 heteroatoms. The molecule has 1 aromatic heterocycles. The van der Waals surface area contributed by atoms with E-state index in [1.807, 2.05) is 6.92 Å². The van der Waals surface area contributed by atoms with Crippen LogP contribution in [0.2, 0.25) is 0 Å². The van der Waals surface area contributed by atoms with E-state index in [4.69, 9.17) is 4.74 Å². The first-order chi connectivity index (χ1) is 15.1. The molecule has 0 bridgehead atoms. The Morgan fingerprint density at radius 2 is 1.68 bits per heavy atom. The second kappa shape index (κ2) is 10.4. The van der Waals surface area contributed by atoms with E-state index >= 15 is 0 Å². The van der Waals surface area contributed by atoms with Crippen LogP contribution in [-0.4, -0.2) is 84.6 Å². The van der Waals surface area contributed by atoms with Gasteiger partial charge in [0.1, 0.15) is 6.61 Å². The first kappa shape index (κ1) is 22.0. The van der Waals surface area contributed by atoms with Crippen molar-refractivity contribution in [3.05, 3.63) is 30.0 Å². The fraction of sp³-hybridized carbons (Fsp3) is 0.600. The molecule has 2 fully saturated rings. The van der Waals surface area contributed by atoms with Gasteiger partial charge in [-0.15, -0.1) is 5.10 Å². The largest absolute Gasteiger partial charge is 0.365 e. The maximum atomic E-state index is 6.05. The van der Waals surface area contributed by atoms with Gasteiger partial charge in [-0.05, 0) is 33.6 Å². The van der Waals surface area contributed by atoms with Crippen LogP contribution in [0.5, 0.6) is 0 Å². The molecule has 2 aliphatic rings. The van der Waals surface area contributed by atoms with Gasteiger partial charge in [0, 0.05) is 56.1 Å². The third kappa shape index (κ3) is 5.54. The predicted molar refractivity (Wildman–Crippen MR) is 126 cm³/mol. The average molecular weight is 422 g/mol. The summed E-state index contributed by atoms with van der Waals surface area (Å²) in [7, 11) is 0. The maximum Gasteiger partial charge on any atom is 0.159 e. The summed E-state index contributed by atoms with van der Waals surface area (Å²) in [6.07, 6.45) is 2.29. The highest BCUT2D eigenvalue weighted by Gasteiger charge is 2.22. The molecule has 2 saturated heterocycles. The molecule has 6 nitrogen and oxygen atoms in total. The van der Waals surface area contributed by atoms with Crippen molar-refractivity contribution in [3.8, 4) is 11.8 Å². The van der Waals surface area contributed by atoms with Gasteiger partial charge in [0.25, 0.3) is 0 Å². The molecule has 0 saturated carbocycles. The summed E-state index contributed by atoms with van der Waals surface area (Å²) in [5.41, 5.74) is 0.984. The van der Waals surface area contributed by atoms with Crippen molar-refractivity contribution in [2.24, 2.45) is 0 Å². The van der Waals surface area contributed by atoms with Crippen LogP contribution in [0.25, 0.3) is 10.8 Å². The molecule has 0 radical (unpaired) electrons.